The van der Waals surface area contributed by atoms with E-state index in [2.05, 4.69) is 15.2 Å². The molecule has 1 fully saturated rings. The number of methoxy groups -OCH3 is 1. The molecule has 15 nitrogen and oxygen atoms in total. The van der Waals surface area contributed by atoms with E-state index in [-0.39, 0.29) is 23.9 Å². The molecular weight excluding hydrogens is 559 g/mol. The van der Waals surface area contributed by atoms with Crippen molar-refractivity contribution in [1.82, 2.24) is 19.7 Å². The summed E-state index contributed by atoms with van der Waals surface area (Å²) in [7, 11) is -2.90. The van der Waals surface area contributed by atoms with Crippen LogP contribution in [0.2, 0.25) is 0 Å². The zero-order valence-electron chi connectivity index (χ0n) is 22.3. The fourth-order valence-electron chi connectivity index (χ4n) is 4.16. The number of anilines is 1. The van der Waals surface area contributed by atoms with Gasteiger partial charge in [-0.05, 0) is 31.2 Å². The SMILES string of the molecule is COCCCOC(=O)[C@H](C)N[P@@](=O)(OC[C@@]1(C#N)O[C@@H](c2ccc3c(N)ncnn23)[C@H](O)[C@@H]1O)Oc1ccccc1. The third-order valence-corrected chi connectivity index (χ3v) is 7.92. The summed E-state index contributed by atoms with van der Waals surface area (Å²) in [5.74, 6) is -0.422. The van der Waals surface area contributed by atoms with E-state index in [1.807, 2.05) is 6.07 Å². The number of carbonyl (C=O) groups is 1. The van der Waals surface area contributed by atoms with Gasteiger partial charge in [-0.25, -0.2) is 14.1 Å². The van der Waals surface area contributed by atoms with Crippen LogP contribution < -0.4 is 15.3 Å². The van der Waals surface area contributed by atoms with Gasteiger partial charge in [0.25, 0.3) is 0 Å². The summed E-state index contributed by atoms with van der Waals surface area (Å²) in [6.45, 7) is 1.05. The predicted molar refractivity (Wildman–Crippen MR) is 142 cm³/mol. The number of aliphatic hydroxyl groups excluding tert-OH is 2. The maximum Gasteiger partial charge on any atom is 0.459 e. The molecule has 0 spiro atoms. The van der Waals surface area contributed by atoms with Gasteiger partial charge < -0.3 is 34.7 Å². The molecule has 6 atom stereocenters. The van der Waals surface area contributed by atoms with Gasteiger partial charge in [-0.15, -0.1) is 0 Å². The first-order valence-corrected chi connectivity index (χ1v) is 14.1. The van der Waals surface area contributed by atoms with Crippen LogP contribution in [-0.2, 0) is 28.1 Å². The summed E-state index contributed by atoms with van der Waals surface area (Å²) in [5.41, 5.74) is 4.40. The molecule has 4 rings (SSSR count). The molecule has 1 saturated heterocycles. The van der Waals surface area contributed by atoms with Crippen molar-refractivity contribution in [3.63, 3.8) is 0 Å². The van der Waals surface area contributed by atoms with Crippen molar-refractivity contribution in [2.24, 2.45) is 0 Å². The van der Waals surface area contributed by atoms with E-state index < -0.39 is 50.3 Å². The number of nitrogen functional groups attached to an aromatic ring is 1. The summed E-state index contributed by atoms with van der Waals surface area (Å²) >= 11 is 0. The number of nitrogens with two attached hydrogens (primary N) is 1. The van der Waals surface area contributed by atoms with Gasteiger partial charge in [0.1, 0.15) is 54.6 Å². The summed E-state index contributed by atoms with van der Waals surface area (Å²) in [4.78, 5) is 16.4. The van der Waals surface area contributed by atoms with Gasteiger partial charge in [0.05, 0.1) is 12.3 Å². The van der Waals surface area contributed by atoms with E-state index in [1.165, 1.54) is 37.0 Å². The Kier molecular flexibility index (Phi) is 9.57. The van der Waals surface area contributed by atoms with Crippen LogP contribution in [0.1, 0.15) is 25.1 Å². The van der Waals surface area contributed by atoms with E-state index in [4.69, 9.17) is 29.0 Å². The lowest BCUT2D eigenvalue weighted by molar-refractivity contribution is -0.145. The van der Waals surface area contributed by atoms with Gasteiger partial charge in [0.2, 0.25) is 5.60 Å². The zero-order valence-corrected chi connectivity index (χ0v) is 23.2. The van der Waals surface area contributed by atoms with Gasteiger partial charge in [0.15, 0.2) is 5.82 Å². The Hall–Kier alpha value is -3.61. The second-order valence-corrected chi connectivity index (χ2v) is 10.9. The number of rotatable bonds is 13. The lowest BCUT2D eigenvalue weighted by atomic mass is 9.96. The second kappa shape index (κ2) is 12.9. The summed E-state index contributed by atoms with van der Waals surface area (Å²) in [5, 5.41) is 38.5. The average Bonchev–Trinajstić information content (AvgIpc) is 3.50. The molecule has 2 aromatic heterocycles. The van der Waals surface area contributed by atoms with Crippen molar-refractivity contribution < 1.29 is 42.8 Å². The Labute approximate surface area is 235 Å². The van der Waals surface area contributed by atoms with Gasteiger partial charge in [-0.2, -0.15) is 15.4 Å². The van der Waals surface area contributed by atoms with Crippen molar-refractivity contribution in [2.45, 2.75) is 43.3 Å². The first kappa shape index (κ1) is 30.4. The molecule has 3 aromatic rings. The number of aromatic nitrogens is 3. The molecular formula is C25H31N6O9P. The topological polar surface area (TPSA) is 213 Å². The lowest BCUT2D eigenvalue weighted by Crippen LogP contribution is -2.46. The Balaban J connectivity index is 1.54. The maximum absolute atomic E-state index is 13.9. The molecule has 220 valence electrons. The highest BCUT2D eigenvalue weighted by molar-refractivity contribution is 7.52. The van der Waals surface area contributed by atoms with Crippen LogP contribution >= 0.6 is 7.75 Å². The van der Waals surface area contributed by atoms with Crippen molar-refractivity contribution >= 4 is 25.1 Å². The second-order valence-electron chi connectivity index (χ2n) is 9.22. The minimum Gasteiger partial charge on any atom is -0.464 e. The van der Waals surface area contributed by atoms with Crippen LogP contribution in [0, 0.1) is 11.3 Å². The number of hydrogen-bond donors (Lipinski definition) is 4. The highest BCUT2D eigenvalue weighted by Gasteiger charge is 2.57. The number of para-hydroxylation sites is 1. The smallest absolute Gasteiger partial charge is 0.459 e. The number of hydrogen-bond acceptors (Lipinski definition) is 13. The number of nitrogens with one attached hydrogen (secondary N) is 1. The number of carbonyl (C=O) groups excluding carboxylic acids is 1. The molecule has 16 heteroatoms. The van der Waals surface area contributed by atoms with Crippen LogP contribution in [0.5, 0.6) is 5.75 Å². The number of fused-ring (bicyclic) bond motifs is 1. The van der Waals surface area contributed by atoms with Crippen LogP contribution in [0.3, 0.4) is 0 Å². The molecule has 41 heavy (non-hydrogen) atoms. The Bertz CT molecular complexity index is 1430. The largest absolute Gasteiger partial charge is 0.464 e. The van der Waals surface area contributed by atoms with Crippen molar-refractivity contribution in [2.75, 3.05) is 32.7 Å². The van der Waals surface area contributed by atoms with Gasteiger partial charge in [-0.1, -0.05) is 18.2 Å². The van der Waals surface area contributed by atoms with Gasteiger partial charge >= 0.3 is 13.7 Å². The number of nitriles is 1. The van der Waals surface area contributed by atoms with Gasteiger partial charge in [-0.3, -0.25) is 9.32 Å². The normalized spacial score (nSPS) is 24.4. The third-order valence-electron chi connectivity index (χ3n) is 6.30. The van der Waals surface area contributed by atoms with Crippen LogP contribution in [0.4, 0.5) is 5.82 Å². The Morgan fingerprint density at radius 3 is 2.76 bits per heavy atom. The van der Waals surface area contributed by atoms with Crippen molar-refractivity contribution in [3.8, 4) is 11.8 Å². The molecule has 5 N–H and O–H groups in total. The minimum atomic E-state index is -4.42. The Morgan fingerprint density at radius 1 is 1.29 bits per heavy atom. The number of benzene rings is 1. The van der Waals surface area contributed by atoms with E-state index in [1.54, 1.807) is 30.3 Å². The number of ether oxygens (including phenoxy) is 3. The molecule has 0 amide bonds. The molecule has 1 aromatic carbocycles. The van der Waals surface area contributed by atoms with E-state index in [9.17, 15) is 24.8 Å². The molecule has 0 radical (unpaired) electrons. The number of nitrogens with zero attached hydrogens (tertiary/aromatic N) is 4. The van der Waals surface area contributed by atoms with E-state index >= 15 is 0 Å². The lowest BCUT2D eigenvalue weighted by Gasteiger charge is -2.28. The van der Waals surface area contributed by atoms with Crippen LogP contribution in [0.25, 0.3) is 5.52 Å². The predicted octanol–water partition coefficient (Wildman–Crippen LogP) is 1.13. The standard InChI is InChI=1S/C25H31N6O9P/c1-16(24(34)37-12-6-11-36-2)30-41(35,40-17-7-4-3-5-8-17)38-14-25(13-26)22(33)20(32)21(39-25)18-9-10-19-23(27)28-15-29-31(18)19/h3-5,7-10,15-16,20-22,32-33H,6,11-12,14H2,1-2H3,(H,30,35)(H2,27,28,29)/t16-,20-,21-,22-,25+,41+/m0/s1. The monoisotopic (exact) mass is 590 g/mol. The van der Waals surface area contributed by atoms with Crippen LogP contribution in [0.15, 0.2) is 48.8 Å². The fraction of sp³-hybridized carbons (Fsp3) is 0.440. The molecule has 3 heterocycles. The van der Waals surface area contributed by atoms with Crippen molar-refractivity contribution in [1.29, 1.82) is 5.26 Å². The first-order valence-electron chi connectivity index (χ1n) is 12.6. The van der Waals surface area contributed by atoms with E-state index in [0.29, 0.717) is 18.5 Å². The summed E-state index contributed by atoms with van der Waals surface area (Å²) < 4.78 is 42.4. The number of aliphatic hydroxyl groups is 2. The van der Waals surface area contributed by atoms with Crippen LogP contribution in [-0.4, -0.2) is 81.6 Å². The third kappa shape index (κ3) is 6.66. The molecule has 0 unspecified atom stereocenters. The zero-order chi connectivity index (χ0) is 29.6. The summed E-state index contributed by atoms with van der Waals surface area (Å²) in [6, 6.07) is 11.8. The minimum absolute atomic E-state index is 0.0746. The van der Waals surface area contributed by atoms with Crippen molar-refractivity contribution in [3.05, 3.63) is 54.5 Å². The maximum atomic E-state index is 13.9. The molecule has 0 bridgehead atoms. The highest BCUT2D eigenvalue weighted by atomic mass is 31.2. The van der Waals surface area contributed by atoms with E-state index in [0.717, 1.165) is 0 Å². The van der Waals surface area contributed by atoms with Gasteiger partial charge in [0, 0.05) is 20.1 Å². The first-order chi connectivity index (χ1) is 19.6. The quantitative estimate of drug-likeness (QED) is 0.125. The highest BCUT2D eigenvalue weighted by Crippen LogP contribution is 2.48. The Morgan fingerprint density at radius 2 is 2.05 bits per heavy atom. The average molecular weight is 591 g/mol. The molecule has 0 aliphatic carbocycles. The molecule has 1 aliphatic heterocycles. The molecule has 1 aliphatic rings. The fourth-order valence-corrected chi connectivity index (χ4v) is 5.68. The molecule has 0 saturated carbocycles. The summed E-state index contributed by atoms with van der Waals surface area (Å²) in [6.07, 6.45) is -2.97. The number of esters is 1.